The third-order valence-electron chi connectivity index (χ3n) is 13.7. The summed E-state index contributed by atoms with van der Waals surface area (Å²) in [7, 11) is 0. The summed E-state index contributed by atoms with van der Waals surface area (Å²) in [6.07, 6.45) is -47.7. The van der Waals surface area contributed by atoms with Crippen LogP contribution in [0.4, 0.5) is 0 Å². The lowest BCUT2D eigenvalue weighted by Gasteiger charge is -2.50. The third kappa shape index (κ3) is 14.1. The number of rotatable bonds is 20. The van der Waals surface area contributed by atoms with Crippen molar-refractivity contribution in [1.29, 1.82) is 0 Å². The Hall–Kier alpha value is -2.18. The molecule has 6 aliphatic heterocycles. The largest absolute Gasteiger partial charge is 0.394 e. The van der Waals surface area contributed by atoms with E-state index in [4.69, 9.17) is 56.8 Å². The minimum Gasteiger partial charge on any atom is -0.394 e. The van der Waals surface area contributed by atoms with Gasteiger partial charge in [0.1, 0.15) is 134 Å². The summed E-state index contributed by atoms with van der Waals surface area (Å²) in [6.45, 7) is 0.687. The molecule has 6 heterocycles. The first-order valence-corrected chi connectivity index (χ1v) is 24.4. The molecule has 75 heavy (non-hydrogen) atoms. The second-order valence-corrected chi connectivity index (χ2v) is 19.2. The Kier molecular flexibility index (Phi) is 22.6. The zero-order chi connectivity index (χ0) is 55.3. The van der Waals surface area contributed by atoms with E-state index in [1.807, 2.05) is 0 Å². The van der Waals surface area contributed by atoms with Gasteiger partial charge in [0.15, 0.2) is 37.7 Å². The number of carbonyl (C=O) groups excluding carboxylic acids is 2. The van der Waals surface area contributed by atoms with Gasteiger partial charge in [-0.05, 0) is 20.3 Å². The Labute approximate surface area is 428 Å². The molecule has 0 saturated carbocycles. The van der Waals surface area contributed by atoms with Gasteiger partial charge in [-0.15, -0.1) is 0 Å². The molecule has 0 aromatic carbocycles. The molecule has 6 aliphatic rings. The summed E-state index contributed by atoms with van der Waals surface area (Å²) >= 11 is 0. The van der Waals surface area contributed by atoms with Gasteiger partial charge in [0.25, 0.3) is 0 Å². The topological polar surface area (TPSA) is 493 Å². The van der Waals surface area contributed by atoms with Crippen LogP contribution in [0, 0.1) is 0 Å². The molecule has 6 fully saturated rings. The van der Waals surface area contributed by atoms with Gasteiger partial charge < -0.3 is 149 Å². The van der Waals surface area contributed by atoms with Gasteiger partial charge in [-0.25, -0.2) is 0 Å². The lowest BCUT2D eigenvalue weighted by molar-refractivity contribution is -0.374. The average Bonchev–Trinajstić information content (AvgIpc) is 3.37. The van der Waals surface area contributed by atoms with Crippen LogP contribution in [0.5, 0.6) is 0 Å². The highest BCUT2D eigenvalue weighted by atomic mass is 16.8. The lowest BCUT2D eigenvalue weighted by Crippen LogP contribution is -2.70. The van der Waals surface area contributed by atoms with Crippen molar-refractivity contribution in [3.8, 4) is 0 Å². The van der Waals surface area contributed by atoms with Gasteiger partial charge in [-0.1, -0.05) is 0 Å². The summed E-state index contributed by atoms with van der Waals surface area (Å²) < 4.78 is 71.0. The monoisotopic (exact) mass is 1100 g/mol. The number of carbonyl (C=O) groups is 2. The first kappa shape index (κ1) is 62.0. The molecule has 0 aliphatic carbocycles. The summed E-state index contributed by atoms with van der Waals surface area (Å²) in [5.74, 6) is -1.46. The molecule has 32 nitrogen and oxygen atoms in total. The molecule has 0 radical (unpaired) electrons. The molecular formula is C43H74N2O30. The van der Waals surface area contributed by atoms with Crippen molar-refractivity contribution < 1.29 is 148 Å². The second-order valence-electron chi connectivity index (χ2n) is 19.2. The molecule has 0 bridgehead atoms. The standard InChI is InChI=1S/C43H74N2O30/c1-12-22(52)26(56)30(60)40(66-12)74-36-20(44-14(3)50)38(70-18(10-48)34(36)72-42-32(62)28(58)24(54)16(8-46)68-42)64-6-5-7-65-39-21(45-15(4)51)37(75-41-31(61)27(57)23(53)13(2)67-41)35(19(11-49)71-39)73-43-33(63)29(59)25(55)17(9-47)69-43/h12-13,16-43,46-49,52-63H,5-11H2,1-4H3,(H,44,50)(H,45,51)/t12-,13-,16+,17+,18+,19+,20+,21+,22+,23+,24-,25-,26+,27+,28-,29-,30-,31-,32+,33+,34+,35+,36+,37+,38-,39-,40-,41-,42-,43-/m0/s1. The molecule has 6 saturated heterocycles. The molecular weight excluding hydrogens is 1020 g/mol. The first-order valence-electron chi connectivity index (χ1n) is 24.4. The summed E-state index contributed by atoms with van der Waals surface area (Å²) in [6, 6.07) is -3.02. The Balaban J connectivity index is 1.23. The number of amides is 2. The third-order valence-corrected chi connectivity index (χ3v) is 13.7. The number of aliphatic hydroxyl groups excluding tert-OH is 16. The maximum Gasteiger partial charge on any atom is 0.217 e. The zero-order valence-corrected chi connectivity index (χ0v) is 41.1. The minimum absolute atomic E-state index is 0.113. The van der Waals surface area contributed by atoms with Crippen molar-refractivity contribution in [3.05, 3.63) is 0 Å². The maximum absolute atomic E-state index is 12.8. The highest BCUT2D eigenvalue weighted by molar-refractivity contribution is 5.73. The summed E-state index contributed by atoms with van der Waals surface area (Å²) in [5.41, 5.74) is 0. The Bertz CT molecular complexity index is 1660. The highest BCUT2D eigenvalue weighted by Crippen LogP contribution is 2.36. The van der Waals surface area contributed by atoms with Crippen LogP contribution >= 0.6 is 0 Å². The summed E-state index contributed by atoms with van der Waals surface area (Å²) in [5, 5.41) is 174. The van der Waals surface area contributed by atoms with Crippen LogP contribution in [0.25, 0.3) is 0 Å². The predicted molar refractivity (Wildman–Crippen MR) is 235 cm³/mol. The fourth-order valence-corrected chi connectivity index (χ4v) is 9.50. The Morgan fingerprint density at radius 2 is 0.653 bits per heavy atom. The van der Waals surface area contributed by atoms with E-state index < -0.39 is 222 Å². The molecule has 2 amide bonds. The molecule has 436 valence electrons. The number of hydrogen-bond donors (Lipinski definition) is 18. The molecule has 0 aromatic heterocycles. The van der Waals surface area contributed by atoms with E-state index in [0.29, 0.717) is 0 Å². The minimum atomic E-state index is -1.99. The first-order chi connectivity index (χ1) is 35.5. The second kappa shape index (κ2) is 27.3. The summed E-state index contributed by atoms with van der Waals surface area (Å²) in [4.78, 5) is 25.7. The Morgan fingerprint density at radius 3 is 0.960 bits per heavy atom. The number of hydrogen-bond acceptors (Lipinski definition) is 30. The van der Waals surface area contributed by atoms with Gasteiger partial charge in [0.05, 0.1) is 51.8 Å². The normalized spacial score (nSPS) is 48.7. The van der Waals surface area contributed by atoms with E-state index in [2.05, 4.69) is 10.6 Å². The van der Waals surface area contributed by atoms with Crippen molar-refractivity contribution >= 4 is 11.8 Å². The number of ether oxygens (including phenoxy) is 12. The molecule has 32 heteroatoms. The lowest BCUT2D eigenvalue weighted by atomic mass is 9.94. The van der Waals surface area contributed by atoms with E-state index >= 15 is 0 Å². The molecule has 0 spiro atoms. The van der Waals surface area contributed by atoms with Crippen molar-refractivity contribution in [3.63, 3.8) is 0 Å². The van der Waals surface area contributed by atoms with E-state index in [1.165, 1.54) is 13.8 Å². The van der Waals surface area contributed by atoms with Crippen molar-refractivity contribution in [2.75, 3.05) is 39.6 Å². The molecule has 18 N–H and O–H groups in total. The van der Waals surface area contributed by atoms with Gasteiger partial charge in [-0.3, -0.25) is 9.59 Å². The SMILES string of the molecule is CC(=O)N[C@H]1[C@@H](OCCCO[C@H]2O[C@H](CO)[C@@H](O[C@@H]3O[C@H](CO)[C@H](O)[C@H](O)[C@H]3O)[C@H](O[C@@H]3O[C@@H](C)[C@@H](O)[C@@H](O)[C@@H]3O)[C@H]2NC(C)=O)O[C@H](CO)[C@@H](O[C@@H]2O[C@H](CO)[C@H](O)[C@H](O)[C@H]2O)[C@@H]1O[C@@H]1O[C@@H](C)[C@@H](O)[C@@H](O)[C@@H]1O. The van der Waals surface area contributed by atoms with Crippen LogP contribution in [0.3, 0.4) is 0 Å². The zero-order valence-electron chi connectivity index (χ0n) is 41.1. The quantitative estimate of drug-likeness (QED) is 0.0503. The fraction of sp³-hybridized carbons (Fsp3) is 0.953. The van der Waals surface area contributed by atoms with Crippen LogP contribution < -0.4 is 10.6 Å². The molecule has 0 unspecified atom stereocenters. The molecule has 30 atom stereocenters. The van der Waals surface area contributed by atoms with Gasteiger partial charge in [0, 0.05) is 13.8 Å². The van der Waals surface area contributed by atoms with Crippen LogP contribution in [0.2, 0.25) is 0 Å². The number of aliphatic hydroxyl groups is 16. The van der Waals surface area contributed by atoms with Crippen LogP contribution in [0.1, 0.15) is 34.1 Å². The van der Waals surface area contributed by atoms with E-state index in [9.17, 15) is 91.3 Å². The number of nitrogens with one attached hydrogen (secondary N) is 2. The maximum atomic E-state index is 12.8. The van der Waals surface area contributed by atoms with Gasteiger partial charge >= 0.3 is 0 Å². The Morgan fingerprint density at radius 1 is 0.373 bits per heavy atom. The predicted octanol–water partition coefficient (Wildman–Crippen LogP) is -11.4. The molecule has 0 aromatic rings. The van der Waals surface area contributed by atoms with Crippen molar-refractivity contribution in [1.82, 2.24) is 10.6 Å². The average molecular weight is 1100 g/mol. The van der Waals surface area contributed by atoms with Crippen LogP contribution in [0.15, 0.2) is 0 Å². The van der Waals surface area contributed by atoms with Crippen LogP contribution in [-0.4, -0.2) is 317 Å². The fourth-order valence-electron chi connectivity index (χ4n) is 9.50. The van der Waals surface area contributed by atoms with Gasteiger partial charge in [-0.2, -0.15) is 0 Å². The van der Waals surface area contributed by atoms with E-state index in [0.717, 1.165) is 13.8 Å². The highest BCUT2D eigenvalue weighted by Gasteiger charge is 2.57. The van der Waals surface area contributed by atoms with Crippen molar-refractivity contribution in [2.24, 2.45) is 0 Å². The van der Waals surface area contributed by atoms with Gasteiger partial charge in [0.2, 0.25) is 11.8 Å². The smallest absolute Gasteiger partial charge is 0.217 e. The molecule has 6 rings (SSSR count). The van der Waals surface area contributed by atoms with E-state index in [1.54, 1.807) is 0 Å². The van der Waals surface area contributed by atoms with Crippen LogP contribution in [-0.2, 0) is 66.4 Å². The van der Waals surface area contributed by atoms with E-state index in [-0.39, 0.29) is 19.6 Å². The van der Waals surface area contributed by atoms with Crippen molar-refractivity contribution in [2.45, 2.75) is 218 Å².